The van der Waals surface area contributed by atoms with Gasteiger partial charge in [0.1, 0.15) is 0 Å². The molecule has 0 radical (unpaired) electrons. The van der Waals surface area contributed by atoms with E-state index in [4.69, 9.17) is 0 Å². The van der Waals surface area contributed by atoms with Gasteiger partial charge in [0.25, 0.3) is 0 Å². The summed E-state index contributed by atoms with van der Waals surface area (Å²) in [5, 5.41) is 3.66. The second kappa shape index (κ2) is 7.46. The summed E-state index contributed by atoms with van der Waals surface area (Å²) < 4.78 is 0. The number of nitrogens with zero attached hydrogens (tertiary/aromatic N) is 1. The van der Waals surface area contributed by atoms with Crippen LogP contribution in [0.15, 0.2) is 30.3 Å². The molecule has 0 aliphatic rings. The SMILES string of the molecule is CCC(Cc1ccccc1)NCC(C)N(C)C. The molecule has 0 saturated carbocycles. The molecule has 0 fully saturated rings. The van der Waals surface area contributed by atoms with Gasteiger partial charge in [-0.15, -0.1) is 0 Å². The molecule has 2 atom stereocenters. The Labute approximate surface area is 106 Å². The molecule has 1 rings (SSSR count). The van der Waals surface area contributed by atoms with Crippen LogP contribution in [0.25, 0.3) is 0 Å². The number of hydrogen-bond acceptors (Lipinski definition) is 2. The Kier molecular flexibility index (Phi) is 6.23. The van der Waals surface area contributed by atoms with Gasteiger partial charge in [-0.05, 0) is 39.4 Å². The van der Waals surface area contributed by atoms with Crippen molar-refractivity contribution >= 4 is 0 Å². The van der Waals surface area contributed by atoms with Gasteiger partial charge in [-0.1, -0.05) is 37.3 Å². The predicted octanol–water partition coefficient (Wildman–Crippen LogP) is 2.55. The second-order valence-corrected chi connectivity index (χ2v) is 5.02. The first-order valence-electron chi connectivity index (χ1n) is 6.57. The first kappa shape index (κ1) is 14.2. The van der Waals surface area contributed by atoms with Crippen molar-refractivity contribution in [1.29, 1.82) is 0 Å². The minimum atomic E-state index is 0.583. The van der Waals surface area contributed by atoms with E-state index < -0.39 is 0 Å². The third kappa shape index (κ3) is 5.33. The van der Waals surface area contributed by atoms with Crippen LogP contribution in [0.1, 0.15) is 25.8 Å². The molecule has 96 valence electrons. The topological polar surface area (TPSA) is 15.3 Å². The van der Waals surface area contributed by atoms with E-state index >= 15 is 0 Å². The molecule has 1 aromatic carbocycles. The third-order valence-corrected chi connectivity index (χ3v) is 3.40. The molecule has 1 N–H and O–H groups in total. The maximum Gasteiger partial charge on any atom is 0.0186 e. The van der Waals surface area contributed by atoms with E-state index in [0.717, 1.165) is 13.0 Å². The van der Waals surface area contributed by atoms with Crippen LogP contribution in [0.2, 0.25) is 0 Å². The van der Waals surface area contributed by atoms with Gasteiger partial charge in [0, 0.05) is 18.6 Å². The maximum absolute atomic E-state index is 3.66. The van der Waals surface area contributed by atoms with E-state index in [-0.39, 0.29) is 0 Å². The summed E-state index contributed by atoms with van der Waals surface area (Å²) in [6.45, 7) is 5.56. The first-order valence-corrected chi connectivity index (χ1v) is 6.57. The average Bonchev–Trinajstić information content (AvgIpc) is 2.35. The van der Waals surface area contributed by atoms with Crippen molar-refractivity contribution in [2.24, 2.45) is 0 Å². The van der Waals surface area contributed by atoms with Crippen molar-refractivity contribution in [2.75, 3.05) is 20.6 Å². The lowest BCUT2D eigenvalue weighted by Gasteiger charge is -2.24. The van der Waals surface area contributed by atoms with E-state index in [1.807, 2.05) is 0 Å². The standard InChI is InChI=1S/C15H26N2/c1-5-15(16-12-13(2)17(3)4)11-14-9-7-6-8-10-14/h6-10,13,15-16H,5,11-12H2,1-4H3. The Hall–Kier alpha value is -0.860. The lowest BCUT2D eigenvalue weighted by molar-refractivity contribution is 0.291. The van der Waals surface area contributed by atoms with Gasteiger partial charge in [0.2, 0.25) is 0 Å². The van der Waals surface area contributed by atoms with Crippen molar-refractivity contribution in [3.8, 4) is 0 Å². The molecule has 0 aliphatic carbocycles. The van der Waals surface area contributed by atoms with E-state index in [1.54, 1.807) is 0 Å². The zero-order valence-corrected chi connectivity index (χ0v) is 11.6. The van der Waals surface area contributed by atoms with Gasteiger partial charge in [-0.2, -0.15) is 0 Å². The zero-order chi connectivity index (χ0) is 12.7. The van der Waals surface area contributed by atoms with Crippen LogP contribution in [-0.4, -0.2) is 37.6 Å². The summed E-state index contributed by atoms with van der Waals surface area (Å²) in [6, 6.07) is 11.9. The van der Waals surface area contributed by atoms with Gasteiger partial charge < -0.3 is 10.2 Å². The molecule has 1 aromatic rings. The smallest absolute Gasteiger partial charge is 0.0186 e. The van der Waals surface area contributed by atoms with E-state index in [0.29, 0.717) is 12.1 Å². The number of likely N-dealkylation sites (N-methyl/N-ethyl adjacent to an activating group) is 1. The van der Waals surface area contributed by atoms with Gasteiger partial charge in [0.15, 0.2) is 0 Å². The summed E-state index contributed by atoms with van der Waals surface area (Å²) in [6.07, 6.45) is 2.30. The Morgan fingerprint density at radius 2 is 1.82 bits per heavy atom. The second-order valence-electron chi connectivity index (χ2n) is 5.02. The maximum atomic E-state index is 3.66. The van der Waals surface area contributed by atoms with Crippen molar-refractivity contribution in [2.45, 2.75) is 38.8 Å². The predicted molar refractivity (Wildman–Crippen MR) is 75.4 cm³/mol. The van der Waals surface area contributed by atoms with Crippen LogP contribution in [0, 0.1) is 0 Å². The Balaban J connectivity index is 2.39. The minimum Gasteiger partial charge on any atom is -0.312 e. The van der Waals surface area contributed by atoms with Crippen LogP contribution in [-0.2, 0) is 6.42 Å². The molecule has 0 aromatic heterocycles. The molecule has 17 heavy (non-hydrogen) atoms. The van der Waals surface area contributed by atoms with E-state index in [1.165, 1.54) is 12.0 Å². The number of nitrogens with one attached hydrogen (secondary N) is 1. The van der Waals surface area contributed by atoms with Crippen LogP contribution >= 0.6 is 0 Å². The summed E-state index contributed by atoms with van der Waals surface area (Å²) in [7, 11) is 4.26. The van der Waals surface area contributed by atoms with Crippen molar-refractivity contribution in [1.82, 2.24) is 10.2 Å². The molecule has 0 saturated heterocycles. The first-order chi connectivity index (χ1) is 8.13. The summed E-state index contributed by atoms with van der Waals surface area (Å²) in [5.41, 5.74) is 1.42. The van der Waals surface area contributed by atoms with Crippen molar-refractivity contribution in [3.05, 3.63) is 35.9 Å². The fourth-order valence-corrected chi connectivity index (χ4v) is 1.78. The van der Waals surface area contributed by atoms with Gasteiger partial charge in [-0.3, -0.25) is 0 Å². The van der Waals surface area contributed by atoms with Crippen molar-refractivity contribution < 1.29 is 0 Å². The lowest BCUT2D eigenvalue weighted by atomic mass is 10.0. The molecular formula is C15H26N2. The molecular weight excluding hydrogens is 208 g/mol. The fraction of sp³-hybridized carbons (Fsp3) is 0.600. The Bertz CT molecular complexity index is 295. The van der Waals surface area contributed by atoms with E-state index in [2.05, 4.69) is 68.5 Å². The molecule has 0 bridgehead atoms. The van der Waals surface area contributed by atoms with Gasteiger partial charge >= 0.3 is 0 Å². The highest BCUT2D eigenvalue weighted by atomic mass is 15.1. The van der Waals surface area contributed by atoms with Gasteiger partial charge in [-0.25, -0.2) is 0 Å². The third-order valence-electron chi connectivity index (χ3n) is 3.40. The Morgan fingerprint density at radius 3 is 2.35 bits per heavy atom. The van der Waals surface area contributed by atoms with Crippen LogP contribution < -0.4 is 5.32 Å². The number of hydrogen-bond donors (Lipinski definition) is 1. The molecule has 0 heterocycles. The summed E-state index contributed by atoms with van der Waals surface area (Å²) in [5.74, 6) is 0. The fourth-order valence-electron chi connectivity index (χ4n) is 1.78. The van der Waals surface area contributed by atoms with E-state index in [9.17, 15) is 0 Å². The lowest BCUT2D eigenvalue weighted by Crippen LogP contribution is -2.41. The number of rotatable bonds is 7. The highest BCUT2D eigenvalue weighted by Gasteiger charge is 2.09. The minimum absolute atomic E-state index is 0.583. The zero-order valence-electron chi connectivity index (χ0n) is 11.6. The van der Waals surface area contributed by atoms with Crippen LogP contribution in [0.5, 0.6) is 0 Å². The molecule has 0 spiro atoms. The molecule has 2 heteroatoms. The highest BCUT2D eigenvalue weighted by molar-refractivity contribution is 5.15. The number of benzene rings is 1. The van der Waals surface area contributed by atoms with Gasteiger partial charge in [0.05, 0.1) is 0 Å². The molecule has 0 amide bonds. The largest absolute Gasteiger partial charge is 0.312 e. The highest BCUT2D eigenvalue weighted by Crippen LogP contribution is 2.05. The summed E-state index contributed by atoms with van der Waals surface area (Å²) >= 11 is 0. The molecule has 2 unspecified atom stereocenters. The summed E-state index contributed by atoms with van der Waals surface area (Å²) in [4.78, 5) is 2.25. The average molecular weight is 234 g/mol. The molecule has 2 nitrogen and oxygen atoms in total. The Morgan fingerprint density at radius 1 is 1.18 bits per heavy atom. The monoisotopic (exact) mass is 234 g/mol. The van der Waals surface area contributed by atoms with Crippen LogP contribution in [0.4, 0.5) is 0 Å². The van der Waals surface area contributed by atoms with Crippen LogP contribution in [0.3, 0.4) is 0 Å². The normalized spacial score (nSPS) is 14.9. The quantitative estimate of drug-likeness (QED) is 0.780. The van der Waals surface area contributed by atoms with Crippen molar-refractivity contribution in [3.63, 3.8) is 0 Å². The molecule has 0 aliphatic heterocycles.